The molecule has 1 fully saturated rings. The summed E-state index contributed by atoms with van der Waals surface area (Å²) in [4.78, 5) is 12.7. The van der Waals surface area contributed by atoms with Gasteiger partial charge in [0, 0.05) is 5.56 Å². The normalized spacial score (nSPS) is 19.0. The van der Waals surface area contributed by atoms with E-state index >= 15 is 0 Å². The van der Waals surface area contributed by atoms with Crippen LogP contribution in [-0.2, 0) is 4.79 Å². The average Bonchev–Trinajstić information content (AvgIpc) is 2.74. The highest BCUT2D eigenvalue weighted by atomic mass is 19.2. The van der Waals surface area contributed by atoms with E-state index in [-0.39, 0.29) is 11.9 Å². The molecule has 154 valence electrons. The highest BCUT2D eigenvalue weighted by Crippen LogP contribution is 2.35. The van der Waals surface area contributed by atoms with Crippen molar-refractivity contribution >= 4 is 5.97 Å². The molecular formula is C25H28F2O2. The molecule has 4 heteroatoms. The molecule has 0 atom stereocenters. The van der Waals surface area contributed by atoms with E-state index in [2.05, 4.69) is 13.5 Å². The summed E-state index contributed by atoms with van der Waals surface area (Å²) in [7, 11) is 0. The second-order valence-electron chi connectivity index (χ2n) is 7.91. The topological polar surface area (TPSA) is 26.3 Å². The van der Waals surface area contributed by atoms with Gasteiger partial charge in [0.15, 0.2) is 11.6 Å². The lowest BCUT2D eigenvalue weighted by Crippen LogP contribution is -2.26. The van der Waals surface area contributed by atoms with E-state index in [1.807, 2.05) is 0 Å². The Morgan fingerprint density at radius 1 is 1.07 bits per heavy atom. The van der Waals surface area contributed by atoms with Gasteiger partial charge in [0.2, 0.25) is 0 Å². The number of hydrogen-bond acceptors (Lipinski definition) is 2. The van der Waals surface area contributed by atoms with E-state index in [1.54, 1.807) is 24.3 Å². The highest BCUT2D eigenvalue weighted by molar-refractivity contribution is 5.79. The summed E-state index contributed by atoms with van der Waals surface area (Å²) < 4.78 is 32.6. The van der Waals surface area contributed by atoms with Crippen LogP contribution in [0, 0.1) is 23.5 Å². The molecule has 0 N–H and O–H groups in total. The van der Waals surface area contributed by atoms with Crippen LogP contribution in [0.2, 0.25) is 0 Å². The Labute approximate surface area is 171 Å². The fourth-order valence-electron chi connectivity index (χ4n) is 3.92. The quantitative estimate of drug-likeness (QED) is 0.283. The number of esters is 1. The van der Waals surface area contributed by atoms with Gasteiger partial charge in [-0.25, -0.2) is 8.78 Å². The highest BCUT2D eigenvalue weighted by Gasteiger charge is 2.28. The number of benzene rings is 2. The Balaban J connectivity index is 1.62. The third-order valence-corrected chi connectivity index (χ3v) is 5.91. The summed E-state index contributed by atoms with van der Waals surface area (Å²) in [5.41, 5.74) is 2.35. The molecule has 0 amide bonds. The van der Waals surface area contributed by atoms with Crippen molar-refractivity contribution in [3.8, 4) is 16.9 Å². The van der Waals surface area contributed by atoms with Gasteiger partial charge in [0.05, 0.1) is 5.92 Å². The summed E-state index contributed by atoms with van der Waals surface area (Å²) in [6, 6.07) is 10.7. The monoisotopic (exact) mass is 398 g/mol. The molecular weight excluding hydrogens is 370 g/mol. The molecule has 0 saturated heterocycles. The number of carbonyl (C=O) groups is 1. The lowest BCUT2D eigenvalue weighted by atomic mass is 9.79. The van der Waals surface area contributed by atoms with Crippen LogP contribution in [0.25, 0.3) is 11.1 Å². The van der Waals surface area contributed by atoms with E-state index < -0.39 is 11.6 Å². The van der Waals surface area contributed by atoms with Gasteiger partial charge in [-0.2, -0.15) is 0 Å². The van der Waals surface area contributed by atoms with E-state index in [1.165, 1.54) is 11.6 Å². The molecule has 0 heterocycles. The van der Waals surface area contributed by atoms with Crippen LogP contribution in [0.3, 0.4) is 0 Å². The fourth-order valence-corrected chi connectivity index (χ4v) is 3.92. The maximum absolute atomic E-state index is 13.6. The SMILES string of the molecule is C=C(CC)CCC1CCC(C(=O)Oc2ccccc2-c2ccc(F)c(F)c2)CC1. The Hall–Kier alpha value is -2.49. The second-order valence-corrected chi connectivity index (χ2v) is 7.91. The fraction of sp³-hybridized carbons (Fsp3) is 0.400. The lowest BCUT2D eigenvalue weighted by molar-refractivity contribution is -0.140. The minimum atomic E-state index is -0.923. The molecule has 1 saturated carbocycles. The molecule has 0 spiro atoms. The van der Waals surface area contributed by atoms with Gasteiger partial charge in [-0.1, -0.05) is 43.3 Å². The maximum Gasteiger partial charge on any atom is 0.314 e. The summed E-state index contributed by atoms with van der Waals surface area (Å²) in [5, 5.41) is 0. The van der Waals surface area contributed by atoms with Crippen LogP contribution in [0.1, 0.15) is 51.9 Å². The first-order valence-corrected chi connectivity index (χ1v) is 10.4. The number of rotatable bonds is 7. The van der Waals surface area contributed by atoms with Crippen molar-refractivity contribution in [1.29, 1.82) is 0 Å². The van der Waals surface area contributed by atoms with E-state index in [9.17, 15) is 13.6 Å². The van der Waals surface area contributed by atoms with Crippen molar-refractivity contribution in [2.75, 3.05) is 0 Å². The van der Waals surface area contributed by atoms with E-state index in [4.69, 9.17) is 4.74 Å². The molecule has 0 aromatic heterocycles. The van der Waals surface area contributed by atoms with Crippen molar-refractivity contribution in [2.45, 2.75) is 51.9 Å². The Morgan fingerprint density at radius 2 is 1.79 bits per heavy atom. The van der Waals surface area contributed by atoms with Crippen LogP contribution < -0.4 is 4.74 Å². The molecule has 1 aliphatic rings. The molecule has 0 bridgehead atoms. The van der Waals surface area contributed by atoms with E-state index in [0.29, 0.717) is 22.8 Å². The van der Waals surface area contributed by atoms with Crippen molar-refractivity contribution in [1.82, 2.24) is 0 Å². The maximum atomic E-state index is 13.6. The van der Waals surface area contributed by atoms with Crippen LogP contribution in [0.4, 0.5) is 8.78 Å². The zero-order valence-electron chi connectivity index (χ0n) is 16.9. The van der Waals surface area contributed by atoms with Crippen molar-refractivity contribution in [3.63, 3.8) is 0 Å². The number of carbonyl (C=O) groups excluding carboxylic acids is 1. The van der Waals surface area contributed by atoms with Gasteiger partial charge >= 0.3 is 5.97 Å². The largest absolute Gasteiger partial charge is 0.426 e. The first kappa shape index (κ1) is 21.2. The van der Waals surface area contributed by atoms with E-state index in [0.717, 1.165) is 57.1 Å². The smallest absolute Gasteiger partial charge is 0.314 e. The van der Waals surface area contributed by atoms with Crippen molar-refractivity contribution < 1.29 is 18.3 Å². The van der Waals surface area contributed by atoms with Gasteiger partial charge in [-0.15, -0.1) is 0 Å². The summed E-state index contributed by atoms with van der Waals surface area (Å²) in [6.45, 7) is 6.20. The molecule has 2 aromatic rings. The van der Waals surface area contributed by atoms with Crippen LogP contribution >= 0.6 is 0 Å². The van der Waals surface area contributed by atoms with Gasteiger partial charge in [-0.3, -0.25) is 4.79 Å². The minimum absolute atomic E-state index is 0.112. The lowest BCUT2D eigenvalue weighted by Gasteiger charge is -2.27. The Kier molecular flexibility index (Phi) is 7.18. The van der Waals surface area contributed by atoms with Crippen molar-refractivity contribution in [3.05, 3.63) is 66.3 Å². The predicted octanol–water partition coefficient (Wildman–Crippen LogP) is 7.09. The third-order valence-electron chi connectivity index (χ3n) is 5.91. The first-order valence-electron chi connectivity index (χ1n) is 10.4. The zero-order valence-corrected chi connectivity index (χ0v) is 16.9. The third kappa shape index (κ3) is 5.53. The standard InChI is InChI=1S/C25H28F2O2/c1-3-17(2)8-9-18-10-12-19(13-11-18)25(28)29-24-7-5-4-6-21(24)20-14-15-22(26)23(27)16-20/h4-7,14-16,18-19H,2-3,8-13H2,1H3. The van der Waals surface area contributed by atoms with Gasteiger partial charge in [0.1, 0.15) is 5.75 Å². The number of ether oxygens (including phenoxy) is 1. The van der Waals surface area contributed by atoms with Crippen molar-refractivity contribution in [2.24, 2.45) is 11.8 Å². The number of para-hydroxylation sites is 1. The molecule has 0 aliphatic heterocycles. The summed E-state index contributed by atoms with van der Waals surface area (Å²) in [6.07, 6.45) is 6.96. The number of halogens is 2. The van der Waals surface area contributed by atoms with Gasteiger partial charge < -0.3 is 4.74 Å². The molecule has 3 rings (SSSR count). The molecule has 0 unspecified atom stereocenters. The Bertz CT molecular complexity index is 867. The van der Waals surface area contributed by atoms with Crippen LogP contribution in [0.5, 0.6) is 5.75 Å². The number of hydrogen-bond donors (Lipinski definition) is 0. The minimum Gasteiger partial charge on any atom is -0.426 e. The molecule has 2 aromatic carbocycles. The molecule has 0 radical (unpaired) electrons. The Morgan fingerprint density at radius 3 is 2.48 bits per heavy atom. The molecule has 29 heavy (non-hydrogen) atoms. The average molecular weight is 398 g/mol. The second kappa shape index (κ2) is 9.82. The van der Waals surface area contributed by atoms with Crippen LogP contribution in [-0.4, -0.2) is 5.97 Å². The molecule has 1 aliphatic carbocycles. The predicted molar refractivity (Wildman–Crippen MR) is 112 cm³/mol. The zero-order chi connectivity index (χ0) is 20.8. The summed E-state index contributed by atoms with van der Waals surface area (Å²) >= 11 is 0. The molecule has 2 nitrogen and oxygen atoms in total. The first-order chi connectivity index (χ1) is 14.0. The van der Waals surface area contributed by atoms with Crippen LogP contribution in [0.15, 0.2) is 54.6 Å². The summed E-state index contributed by atoms with van der Waals surface area (Å²) in [5.74, 6) is -1.15. The van der Waals surface area contributed by atoms with Gasteiger partial charge in [0.25, 0.3) is 0 Å². The van der Waals surface area contributed by atoms with Gasteiger partial charge in [-0.05, 0) is 74.6 Å². The number of allylic oxidation sites excluding steroid dienone is 1.